The summed E-state index contributed by atoms with van der Waals surface area (Å²) in [6.45, 7) is 0.777. The van der Waals surface area contributed by atoms with E-state index in [-0.39, 0.29) is 6.29 Å². The van der Waals surface area contributed by atoms with Crippen LogP contribution in [0.3, 0.4) is 0 Å². The van der Waals surface area contributed by atoms with Crippen molar-refractivity contribution in [2.75, 3.05) is 6.61 Å². The second kappa shape index (κ2) is 4.81. The van der Waals surface area contributed by atoms with Crippen LogP contribution in [0, 0.1) is 0 Å². The van der Waals surface area contributed by atoms with Crippen molar-refractivity contribution in [1.29, 1.82) is 0 Å². The van der Waals surface area contributed by atoms with Crippen LogP contribution in [0.25, 0.3) is 0 Å². The predicted molar refractivity (Wildman–Crippen MR) is 36.8 cm³/mol. The molecular formula is C6H11NO4. The molecule has 5 heteroatoms. The zero-order chi connectivity index (χ0) is 8.85. The zero-order valence-electron chi connectivity index (χ0n) is 6.15. The van der Waals surface area contributed by atoms with Gasteiger partial charge in [-0.25, -0.2) is 0 Å². The van der Waals surface area contributed by atoms with Crippen molar-refractivity contribution in [2.45, 2.75) is 19.1 Å². The molecule has 64 valence electrons. The Morgan fingerprint density at radius 2 is 2.27 bits per heavy atom. The highest BCUT2D eigenvalue weighted by molar-refractivity contribution is 5.74. The Morgan fingerprint density at radius 1 is 1.73 bits per heavy atom. The molecule has 0 aromatic rings. The number of carbonyl (C=O) groups excluding carboxylic acids is 2. The van der Waals surface area contributed by atoms with Crippen molar-refractivity contribution in [3.8, 4) is 0 Å². The van der Waals surface area contributed by atoms with Gasteiger partial charge in [-0.05, 0) is 0 Å². The van der Waals surface area contributed by atoms with Crippen LogP contribution in [0.15, 0.2) is 0 Å². The van der Waals surface area contributed by atoms with Gasteiger partial charge in [-0.15, -0.1) is 0 Å². The van der Waals surface area contributed by atoms with E-state index in [0.717, 1.165) is 0 Å². The molecule has 0 unspecified atom stereocenters. The number of aliphatic hydroxyl groups excluding tert-OH is 2. The van der Waals surface area contributed by atoms with Crippen molar-refractivity contribution in [2.24, 2.45) is 0 Å². The van der Waals surface area contributed by atoms with E-state index in [1.54, 1.807) is 0 Å². The molecule has 0 aromatic heterocycles. The topological polar surface area (TPSA) is 86.6 Å². The maximum absolute atomic E-state index is 10.4. The van der Waals surface area contributed by atoms with Gasteiger partial charge in [0.05, 0.1) is 12.6 Å². The highest BCUT2D eigenvalue weighted by Crippen LogP contribution is 1.88. The van der Waals surface area contributed by atoms with Crippen molar-refractivity contribution in [1.82, 2.24) is 5.32 Å². The van der Waals surface area contributed by atoms with Gasteiger partial charge in [0.1, 0.15) is 6.10 Å². The molecule has 0 saturated heterocycles. The van der Waals surface area contributed by atoms with E-state index in [0.29, 0.717) is 0 Å². The molecule has 1 amide bonds. The quantitative estimate of drug-likeness (QED) is 0.418. The first-order valence-electron chi connectivity index (χ1n) is 3.13. The first-order valence-corrected chi connectivity index (χ1v) is 3.13. The number of aldehydes is 1. The zero-order valence-corrected chi connectivity index (χ0v) is 6.15. The summed E-state index contributed by atoms with van der Waals surface area (Å²) < 4.78 is 0. The minimum Gasteiger partial charge on any atom is -0.394 e. The highest BCUT2D eigenvalue weighted by Gasteiger charge is 2.17. The number of amides is 1. The van der Waals surface area contributed by atoms with Crippen molar-refractivity contribution < 1.29 is 19.8 Å². The maximum atomic E-state index is 10.4. The third kappa shape index (κ3) is 3.69. The number of rotatable bonds is 4. The lowest BCUT2D eigenvalue weighted by Crippen LogP contribution is -2.45. The lowest BCUT2D eigenvalue weighted by atomic mass is 10.2. The van der Waals surface area contributed by atoms with E-state index in [9.17, 15) is 9.59 Å². The lowest BCUT2D eigenvalue weighted by Gasteiger charge is -2.16. The molecule has 0 rings (SSSR count). The minimum atomic E-state index is -1.34. The van der Waals surface area contributed by atoms with Crippen LogP contribution in [0.1, 0.15) is 6.92 Å². The van der Waals surface area contributed by atoms with Crippen LogP contribution in [-0.2, 0) is 9.59 Å². The van der Waals surface area contributed by atoms with Crippen molar-refractivity contribution in [3.63, 3.8) is 0 Å². The number of aliphatic hydroxyl groups is 2. The summed E-state index contributed by atoms with van der Waals surface area (Å²) in [6.07, 6.45) is -1.08. The van der Waals surface area contributed by atoms with Gasteiger partial charge in [0.15, 0.2) is 6.29 Å². The molecule has 0 radical (unpaired) electrons. The van der Waals surface area contributed by atoms with Crippen LogP contribution in [0.2, 0.25) is 0 Å². The summed E-state index contributed by atoms with van der Waals surface area (Å²) in [5.41, 5.74) is 0. The summed E-state index contributed by atoms with van der Waals surface area (Å²) >= 11 is 0. The fraction of sp³-hybridized carbons (Fsp3) is 0.667. The largest absolute Gasteiger partial charge is 0.394 e. The first kappa shape index (κ1) is 10.1. The van der Waals surface area contributed by atoms with Gasteiger partial charge in [0.25, 0.3) is 0 Å². The second-order valence-corrected chi connectivity index (χ2v) is 2.12. The van der Waals surface area contributed by atoms with Gasteiger partial charge in [-0.2, -0.15) is 0 Å². The van der Waals surface area contributed by atoms with Crippen LogP contribution in [0.4, 0.5) is 0 Å². The highest BCUT2D eigenvalue weighted by atomic mass is 16.3. The Hall–Kier alpha value is -0.940. The Labute approximate surface area is 64.0 Å². The Kier molecular flexibility index (Phi) is 4.40. The summed E-state index contributed by atoms with van der Waals surface area (Å²) in [7, 11) is 0. The molecule has 0 spiro atoms. The minimum absolute atomic E-state index is 0.261. The summed E-state index contributed by atoms with van der Waals surface area (Å²) in [4.78, 5) is 20.4. The number of nitrogens with one attached hydrogen (secondary N) is 1. The van der Waals surface area contributed by atoms with Crippen LogP contribution < -0.4 is 5.32 Å². The van der Waals surface area contributed by atoms with Gasteiger partial charge in [0.2, 0.25) is 5.91 Å². The lowest BCUT2D eigenvalue weighted by molar-refractivity contribution is -0.123. The summed E-state index contributed by atoms with van der Waals surface area (Å²) in [6, 6.07) is -0.898. The molecule has 0 saturated carbocycles. The van der Waals surface area contributed by atoms with Gasteiger partial charge < -0.3 is 20.3 Å². The maximum Gasteiger partial charge on any atom is 0.217 e. The molecule has 3 N–H and O–H groups in total. The molecule has 5 nitrogen and oxygen atoms in total. The van der Waals surface area contributed by atoms with E-state index in [1.807, 2.05) is 0 Å². The van der Waals surface area contributed by atoms with Crippen LogP contribution in [0.5, 0.6) is 0 Å². The predicted octanol–water partition coefficient (Wildman–Crippen LogP) is -1.96. The first-order chi connectivity index (χ1) is 5.11. The monoisotopic (exact) mass is 161 g/mol. The molecule has 2 atom stereocenters. The van der Waals surface area contributed by atoms with Gasteiger partial charge >= 0.3 is 0 Å². The van der Waals surface area contributed by atoms with E-state index < -0.39 is 24.7 Å². The normalized spacial score (nSPS) is 15.2. The molecule has 11 heavy (non-hydrogen) atoms. The van der Waals surface area contributed by atoms with E-state index in [4.69, 9.17) is 10.2 Å². The van der Waals surface area contributed by atoms with Crippen LogP contribution >= 0.6 is 0 Å². The SMILES string of the molecule is CC(=O)N[C@@H](CO)[C@@H](O)C=O. The molecule has 0 heterocycles. The van der Waals surface area contributed by atoms with Gasteiger partial charge in [-0.3, -0.25) is 4.79 Å². The molecular weight excluding hydrogens is 150 g/mol. The Bertz CT molecular complexity index is 148. The molecule has 0 bridgehead atoms. The third-order valence-electron chi connectivity index (χ3n) is 1.14. The Balaban J connectivity index is 3.93. The second-order valence-electron chi connectivity index (χ2n) is 2.12. The van der Waals surface area contributed by atoms with E-state index in [1.165, 1.54) is 6.92 Å². The summed E-state index contributed by atoms with van der Waals surface area (Å²) in [5.74, 6) is -0.398. The third-order valence-corrected chi connectivity index (χ3v) is 1.14. The molecule has 0 aliphatic rings. The fourth-order valence-corrected chi connectivity index (χ4v) is 0.595. The van der Waals surface area contributed by atoms with Crippen LogP contribution in [-0.4, -0.2) is 41.2 Å². The Morgan fingerprint density at radius 3 is 2.55 bits per heavy atom. The number of hydrogen-bond acceptors (Lipinski definition) is 4. The average molecular weight is 161 g/mol. The molecule has 0 aliphatic heterocycles. The van der Waals surface area contributed by atoms with E-state index in [2.05, 4.69) is 5.32 Å². The average Bonchev–Trinajstić information content (AvgIpc) is 1.98. The number of carbonyl (C=O) groups is 2. The standard InChI is InChI=1S/C6H11NO4/c1-4(10)7-5(2-8)6(11)3-9/h3,5-6,8,11H,2H2,1H3,(H,7,10)/t5-,6-/m0/s1. The smallest absolute Gasteiger partial charge is 0.217 e. The summed E-state index contributed by atoms with van der Waals surface area (Å²) in [5, 5.41) is 19.6. The molecule has 0 aliphatic carbocycles. The molecule has 0 fully saturated rings. The van der Waals surface area contributed by atoms with E-state index >= 15 is 0 Å². The van der Waals surface area contributed by atoms with Crippen molar-refractivity contribution >= 4 is 12.2 Å². The number of hydrogen-bond donors (Lipinski definition) is 3. The fourth-order valence-electron chi connectivity index (χ4n) is 0.595. The molecule has 0 aromatic carbocycles. The van der Waals surface area contributed by atoms with Gasteiger partial charge in [0, 0.05) is 6.92 Å². The van der Waals surface area contributed by atoms with Gasteiger partial charge in [-0.1, -0.05) is 0 Å². The van der Waals surface area contributed by atoms with Crippen molar-refractivity contribution in [3.05, 3.63) is 0 Å².